The van der Waals surface area contributed by atoms with E-state index >= 15 is 0 Å². The summed E-state index contributed by atoms with van der Waals surface area (Å²) in [4.78, 5) is 74.3. The first kappa shape index (κ1) is 115. The third-order valence-corrected chi connectivity index (χ3v) is 14.0. The molecule has 630 valence electrons. The molecule has 0 radical (unpaired) electrons. The molecule has 0 aliphatic heterocycles. The van der Waals surface area contributed by atoms with Crippen molar-refractivity contribution in [2.45, 2.75) is 260 Å². The van der Waals surface area contributed by atoms with E-state index in [4.69, 9.17) is 105 Å². The number of hydrogen-bond acceptors (Lipinski definition) is 23. The van der Waals surface area contributed by atoms with E-state index in [-0.39, 0.29) is 98.6 Å². The second kappa shape index (κ2) is 63.5. The Balaban J connectivity index is -0.000000285. The number of nitrogens with one attached hydrogen (secondary N) is 4. The molecule has 3 heterocycles. The van der Waals surface area contributed by atoms with Crippen LogP contribution in [0.1, 0.15) is 204 Å². The lowest BCUT2D eigenvalue weighted by Crippen LogP contribution is -2.36. The van der Waals surface area contributed by atoms with Crippen molar-refractivity contribution in [2.75, 3.05) is 50.4 Å². The topological polar surface area (TPSA) is 323 Å². The van der Waals surface area contributed by atoms with Crippen molar-refractivity contribution in [3.63, 3.8) is 0 Å². The first-order valence-electron chi connectivity index (χ1n) is 35.8. The van der Waals surface area contributed by atoms with E-state index in [0.717, 1.165) is 36.4 Å². The Kier molecular flexibility index (Phi) is 66.4. The molecule has 110 heavy (non-hydrogen) atoms. The number of nitrogens with two attached hydrogens (primary N) is 2. The molecule has 3 aromatic carbocycles. The van der Waals surface area contributed by atoms with E-state index in [1.54, 1.807) is 12.1 Å². The number of carbonyl (C=O) groups excluding carboxylic acids is 3. The molecule has 6 aromatic rings. The Hall–Kier alpha value is -5.85. The second-order valence-electron chi connectivity index (χ2n) is 27.4. The van der Waals surface area contributed by atoms with Gasteiger partial charge in [0.15, 0.2) is 0 Å². The number of anilines is 3. The molecule has 26 nitrogen and oxygen atoms in total. The van der Waals surface area contributed by atoms with Crippen molar-refractivity contribution in [2.24, 2.45) is 5.73 Å². The summed E-state index contributed by atoms with van der Waals surface area (Å²) in [6.45, 7) is 61.9. The van der Waals surface area contributed by atoms with Crippen molar-refractivity contribution in [1.82, 2.24) is 75.5 Å². The Morgan fingerprint density at radius 2 is 0.682 bits per heavy atom. The van der Waals surface area contributed by atoms with Crippen LogP contribution in [0.2, 0.25) is 31.7 Å². The van der Waals surface area contributed by atoms with Crippen LogP contribution in [0.3, 0.4) is 0 Å². The third-order valence-electron chi connectivity index (χ3n) is 13.0. The third kappa shape index (κ3) is 63.6. The maximum Gasteiger partial charge on any atom is 0.407 e. The number of carbonyl (C=O) groups is 3. The molecule has 0 spiro atoms. The monoisotopic (exact) mass is 1720 g/mol. The van der Waals surface area contributed by atoms with Gasteiger partial charge in [-0.15, -0.1) is 37.2 Å². The zero-order valence-corrected chi connectivity index (χ0v) is 76.6. The average Bonchev–Trinajstić information content (AvgIpc) is 0.859. The van der Waals surface area contributed by atoms with Gasteiger partial charge in [-0.3, -0.25) is 14.7 Å². The molecule has 0 unspecified atom stereocenters. The number of nitrogens with zero attached hydrogens (tertiary/aromatic N) is 12. The molecule has 0 aliphatic rings. The van der Waals surface area contributed by atoms with Gasteiger partial charge in [0.1, 0.15) is 16.8 Å². The maximum absolute atomic E-state index is 11.7. The SMILES string of the molecule is CC(C)(C)OC(=O)NCc1ccc(N)cc1.CCN(C(C)C)C(C)C.CCN(C(C)C)C(C)C.CCN(C(C)C)C(C)C.CCNC(=O)OC(C)(C)C.CCOc1nc(Cl)nc(Cl)n1.CCOc1nc(Cl)nc(Nc2ccc(CNC(=O)OC(C)(C)C)cc2)n1.Cl.Cl.Cl.Clc1nc(Cl)nc(Cl)n1.NCc1ccccc1. The molecule has 35 heteroatoms. The molecule has 0 bridgehead atoms. The molecular weight excluding hydrogens is 1600 g/mol. The summed E-state index contributed by atoms with van der Waals surface area (Å²) in [6.07, 6.45) is -1.22. The predicted octanol–water partition coefficient (Wildman–Crippen LogP) is 19.7. The number of hydrogen-bond donors (Lipinski definition) is 6. The van der Waals surface area contributed by atoms with Crippen LogP contribution in [0, 0.1) is 0 Å². The van der Waals surface area contributed by atoms with Crippen molar-refractivity contribution >= 4 is 142 Å². The van der Waals surface area contributed by atoms with E-state index in [0.29, 0.717) is 81.3 Å². The molecule has 0 fully saturated rings. The van der Waals surface area contributed by atoms with Gasteiger partial charge in [-0.1, -0.05) is 75.4 Å². The fourth-order valence-corrected chi connectivity index (χ4v) is 10.00. The zero-order valence-electron chi connectivity index (χ0n) is 69.6. The van der Waals surface area contributed by atoms with Crippen molar-refractivity contribution in [3.05, 3.63) is 127 Å². The summed E-state index contributed by atoms with van der Waals surface area (Å²) in [5, 5.41) is 11.1. The molecule has 0 atom stereocenters. The molecule has 3 aromatic heterocycles. The first-order chi connectivity index (χ1) is 49.7. The van der Waals surface area contributed by atoms with Gasteiger partial charge in [0.25, 0.3) is 0 Å². The van der Waals surface area contributed by atoms with Crippen LogP contribution in [0.25, 0.3) is 0 Å². The van der Waals surface area contributed by atoms with Gasteiger partial charge in [-0.05, 0) is 296 Å². The number of nitrogen functional groups attached to an aromatic ring is 1. The molecule has 8 N–H and O–H groups in total. The minimum absolute atomic E-state index is 0. The van der Waals surface area contributed by atoms with E-state index in [1.807, 2.05) is 150 Å². The minimum Gasteiger partial charge on any atom is -0.464 e. The number of benzene rings is 3. The van der Waals surface area contributed by atoms with Gasteiger partial charge in [-0.2, -0.15) is 44.9 Å². The van der Waals surface area contributed by atoms with Gasteiger partial charge in [0, 0.05) is 73.8 Å². The van der Waals surface area contributed by atoms with Crippen molar-refractivity contribution in [1.29, 1.82) is 0 Å². The Morgan fingerprint density at radius 1 is 0.400 bits per heavy atom. The lowest BCUT2D eigenvalue weighted by Gasteiger charge is -2.28. The summed E-state index contributed by atoms with van der Waals surface area (Å²) in [6, 6.07) is 29.2. The van der Waals surface area contributed by atoms with Crippen LogP contribution in [-0.4, -0.2) is 170 Å². The number of rotatable bonds is 21. The lowest BCUT2D eigenvalue weighted by molar-refractivity contribution is 0.0512. The predicted molar refractivity (Wildman–Crippen MR) is 463 cm³/mol. The molecule has 0 saturated carbocycles. The average molecular weight is 1730 g/mol. The molecule has 3 amide bonds. The maximum atomic E-state index is 11.7. The van der Waals surface area contributed by atoms with Gasteiger partial charge >= 0.3 is 30.3 Å². The number of halogens is 9. The molecule has 0 saturated heterocycles. The fourth-order valence-electron chi connectivity index (χ4n) is 8.89. The van der Waals surface area contributed by atoms with E-state index < -0.39 is 23.4 Å². The van der Waals surface area contributed by atoms with Gasteiger partial charge < -0.3 is 56.4 Å². The van der Waals surface area contributed by atoms with Gasteiger partial charge in [0.05, 0.1) is 13.2 Å². The number of amides is 3. The largest absolute Gasteiger partial charge is 0.464 e. The lowest BCUT2D eigenvalue weighted by atomic mass is 10.2. The molecular formula is C75H129Cl9N18O8. The van der Waals surface area contributed by atoms with E-state index in [2.05, 4.69) is 185 Å². The normalized spacial score (nSPS) is 10.5. The summed E-state index contributed by atoms with van der Waals surface area (Å²) < 4.78 is 25.4. The summed E-state index contributed by atoms with van der Waals surface area (Å²) >= 11 is 32.7. The number of ether oxygens (including phenoxy) is 5. The van der Waals surface area contributed by atoms with Crippen LogP contribution < -0.4 is 42.2 Å². The smallest absolute Gasteiger partial charge is 0.407 e. The summed E-state index contributed by atoms with van der Waals surface area (Å²) in [5.74, 6) is 0.285. The Morgan fingerprint density at radius 3 is 0.936 bits per heavy atom. The van der Waals surface area contributed by atoms with Crippen molar-refractivity contribution < 1.29 is 38.1 Å². The van der Waals surface area contributed by atoms with Crippen LogP contribution in [-0.2, 0) is 33.8 Å². The highest BCUT2D eigenvalue weighted by atomic mass is 35.5. The standard InChI is InChI=1S/C17H22ClN5O3.C12H18N2O2.3C8H19N.C7H15NO2.C7H9N.C5H5Cl2N3O.C3Cl3N3.3ClH/c1-5-25-15-22-13(18)21-14(23-15)20-12-8-6-11(7-9-12)10-19-16(24)26-17(2,3)4;1-12(2,3)16-11(15)14-8-9-4-6-10(13)7-5-9;3*1-6-9(7(2)3)8(4)5;1-5-8-6(9)10-7(2,3)4;8-6-7-4-2-1-3-5-7;1-2-11-5-9-3(6)8-4(7)10-5;4-1-7-2(5)9-3(6)8-1;;;/h6-9H,5,10H2,1-4H3,(H,19,24)(H,20,21,22,23);4-7H,8,13H2,1-3H3,(H,14,15);3*7-8H,6H2,1-5H3;5H2,1-4H3,(H,8,9);1-5H,6,8H2;2H2,1H3;;3*1H. The van der Waals surface area contributed by atoms with Crippen LogP contribution in [0.15, 0.2) is 78.9 Å². The van der Waals surface area contributed by atoms with E-state index in [9.17, 15) is 14.4 Å². The van der Waals surface area contributed by atoms with Gasteiger partial charge in [0.2, 0.25) is 37.6 Å². The molecule has 0 aliphatic carbocycles. The van der Waals surface area contributed by atoms with Crippen LogP contribution in [0.4, 0.5) is 31.7 Å². The summed E-state index contributed by atoms with van der Waals surface area (Å²) in [7, 11) is 0. The number of alkyl carbamates (subject to hydrolysis) is 3. The van der Waals surface area contributed by atoms with E-state index in [1.165, 1.54) is 5.56 Å². The quantitative estimate of drug-likeness (QED) is 0.0288. The second-order valence-corrected chi connectivity index (χ2v) is 29.5. The molecule has 6 rings (SSSR count). The highest BCUT2D eigenvalue weighted by molar-refractivity contribution is 6.33. The van der Waals surface area contributed by atoms with Gasteiger partial charge in [-0.25, -0.2) is 14.4 Å². The minimum atomic E-state index is -0.524. The summed E-state index contributed by atoms with van der Waals surface area (Å²) in [5.41, 5.74) is 14.1. The number of aromatic nitrogens is 9. The fraction of sp³-hybridized carbons (Fsp3) is 0.600. The highest BCUT2D eigenvalue weighted by Gasteiger charge is 2.19. The van der Waals surface area contributed by atoms with Crippen molar-refractivity contribution in [3.8, 4) is 12.0 Å². The zero-order chi connectivity index (χ0) is 82.8. The highest BCUT2D eigenvalue weighted by Crippen LogP contribution is 2.19. The Labute approximate surface area is 706 Å². The Bertz CT molecular complexity index is 3190. The van der Waals surface area contributed by atoms with Crippen LogP contribution in [0.5, 0.6) is 12.0 Å². The first-order valence-corrected chi connectivity index (χ1v) is 38.0. The van der Waals surface area contributed by atoms with Crippen LogP contribution >= 0.6 is 107 Å².